The fourth-order valence-corrected chi connectivity index (χ4v) is 4.72. The summed E-state index contributed by atoms with van der Waals surface area (Å²) in [6.45, 7) is 3.02. The van der Waals surface area contributed by atoms with Crippen molar-refractivity contribution in [3.05, 3.63) is 53.1 Å². The number of anilines is 3. The Morgan fingerprint density at radius 2 is 1.64 bits per heavy atom. The van der Waals surface area contributed by atoms with E-state index in [1.54, 1.807) is 0 Å². The van der Waals surface area contributed by atoms with Crippen molar-refractivity contribution in [2.24, 2.45) is 0 Å². The summed E-state index contributed by atoms with van der Waals surface area (Å²) in [6.07, 6.45) is 6.11. The van der Waals surface area contributed by atoms with Gasteiger partial charge in [0, 0.05) is 36.6 Å². The standard InChI is InChI=1S/C23H25N3O2/c27-21-15-17-14-18(13-16-5-4-12-26(21)22(16)17)23(28)24-19-6-8-20(9-7-19)25-10-2-1-3-11-25/h6-9,13-14H,1-5,10-12,15H2,(H,24,28). The fourth-order valence-electron chi connectivity index (χ4n) is 4.72. The first-order chi connectivity index (χ1) is 13.7. The van der Waals surface area contributed by atoms with Gasteiger partial charge >= 0.3 is 0 Å². The Morgan fingerprint density at radius 1 is 0.893 bits per heavy atom. The lowest BCUT2D eigenvalue weighted by Gasteiger charge is -2.28. The minimum Gasteiger partial charge on any atom is -0.372 e. The van der Waals surface area contributed by atoms with Crippen molar-refractivity contribution >= 4 is 28.9 Å². The molecule has 2 aromatic carbocycles. The third-order valence-corrected chi connectivity index (χ3v) is 6.12. The largest absolute Gasteiger partial charge is 0.372 e. The van der Waals surface area contributed by atoms with E-state index in [1.807, 2.05) is 29.2 Å². The second-order valence-corrected chi connectivity index (χ2v) is 8.02. The molecule has 0 saturated carbocycles. The Labute approximate surface area is 165 Å². The summed E-state index contributed by atoms with van der Waals surface area (Å²) in [4.78, 5) is 29.3. The lowest BCUT2D eigenvalue weighted by Crippen LogP contribution is -2.31. The Balaban J connectivity index is 1.34. The molecule has 2 aromatic rings. The fraction of sp³-hybridized carbons (Fsp3) is 0.391. The molecule has 3 aliphatic rings. The molecule has 0 radical (unpaired) electrons. The van der Waals surface area contributed by atoms with Gasteiger partial charge in [0.2, 0.25) is 5.91 Å². The molecule has 2 amide bonds. The van der Waals surface area contributed by atoms with Crippen LogP contribution in [0.1, 0.15) is 47.2 Å². The molecular formula is C23H25N3O2. The Bertz CT molecular complexity index is 930. The first-order valence-corrected chi connectivity index (χ1v) is 10.3. The van der Waals surface area contributed by atoms with Gasteiger partial charge in [0.05, 0.1) is 12.1 Å². The number of benzene rings is 2. The van der Waals surface area contributed by atoms with Gasteiger partial charge in [-0.1, -0.05) is 0 Å². The number of carbonyl (C=O) groups is 2. The summed E-state index contributed by atoms with van der Waals surface area (Å²) < 4.78 is 0. The van der Waals surface area contributed by atoms with E-state index in [1.165, 1.54) is 24.9 Å². The summed E-state index contributed by atoms with van der Waals surface area (Å²) >= 11 is 0. The molecule has 1 fully saturated rings. The van der Waals surface area contributed by atoms with Gasteiger partial charge in [-0.15, -0.1) is 0 Å². The van der Waals surface area contributed by atoms with E-state index < -0.39 is 0 Å². The van der Waals surface area contributed by atoms with Crippen LogP contribution in [-0.2, 0) is 17.6 Å². The van der Waals surface area contributed by atoms with Gasteiger partial charge in [0.15, 0.2) is 0 Å². The molecule has 5 nitrogen and oxygen atoms in total. The van der Waals surface area contributed by atoms with Crippen molar-refractivity contribution in [1.29, 1.82) is 0 Å². The van der Waals surface area contributed by atoms with Crippen LogP contribution < -0.4 is 15.1 Å². The number of nitrogens with one attached hydrogen (secondary N) is 1. The number of hydrogen-bond donors (Lipinski definition) is 1. The van der Waals surface area contributed by atoms with Crippen molar-refractivity contribution in [3.8, 4) is 0 Å². The molecule has 3 aliphatic heterocycles. The first kappa shape index (κ1) is 17.3. The molecule has 5 heteroatoms. The summed E-state index contributed by atoms with van der Waals surface area (Å²) in [5, 5.41) is 3.02. The zero-order chi connectivity index (χ0) is 19.1. The predicted molar refractivity (Wildman–Crippen MR) is 111 cm³/mol. The highest BCUT2D eigenvalue weighted by Gasteiger charge is 2.32. The highest BCUT2D eigenvalue weighted by Crippen LogP contribution is 2.37. The maximum absolute atomic E-state index is 12.8. The first-order valence-electron chi connectivity index (χ1n) is 10.3. The predicted octanol–water partition coefficient (Wildman–Crippen LogP) is 3.76. The zero-order valence-electron chi connectivity index (χ0n) is 16.0. The van der Waals surface area contributed by atoms with Crippen LogP contribution in [0.5, 0.6) is 0 Å². The number of piperidine rings is 1. The van der Waals surface area contributed by atoms with E-state index in [0.717, 1.165) is 55.0 Å². The lowest BCUT2D eigenvalue weighted by molar-refractivity contribution is -0.117. The molecule has 3 heterocycles. The molecule has 144 valence electrons. The molecule has 0 aliphatic carbocycles. The summed E-state index contributed by atoms with van der Waals surface area (Å²) in [7, 11) is 0. The maximum Gasteiger partial charge on any atom is 0.255 e. The molecule has 5 rings (SSSR count). The van der Waals surface area contributed by atoms with Gasteiger partial charge in [-0.2, -0.15) is 0 Å². The molecule has 0 unspecified atom stereocenters. The molecule has 28 heavy (non-hydrogen) atoms. The second kappa shape index (κ2) is 6.97. The quantitative estimate of drug-likeness (QED) is 0.889. The maximum atomic E-state index is 12.8. The van der Waals surface area contributed by atoms with Crippen molar-refractivity contribution in [3.63, 3.8) is 0 Å². The van der Waals surface area contributed by atoms with Crippen molar-refractivity contribution in [2.75, 3.05) is 34.8 Å². The van der Waals surface area contributed by atoms with E-state index in [9.17, 15) is 9.59 Å². The van der Waals surface area contributed by atoms with Crippen LogP contribution in [0.4, 0.5) is 17.1 Å². The Hall–Kier alpha value is -2.82. The van der Waals surface area contributed by atoms with Crippen LogP contribution in [-0.4, -0.2) is 31.4 Å². The van der Waals surface area contributed by atoms with Gasteiger partial charge in [0.25, 0.3) is 5.91 Å². The van der Waals surface area contributed by atoms with Gasteiger partial charge in [-0.3, -0.25) is 9.59 Å². The molecule has 0 bridgehead atoms. The summed E-state index contributed by atoms with van der Waals surface area (Å²) in [6, 6.07) is 12.0. The van der Waals surface area contributed by atoms with E-state index in [0.29, 0.717) is 12.0 Å². The van der Waals surface area contributed by atoms with Gasteiger partial charge < -0.3 is 15.1 Å². The molecule has 0 atom stereocenters. The topological polar surface area (TPSA) is 52.7 Å². The van der Waals surface area contributed by atoms with Crippen LogP contribution >= 0.6 is 0 Å². The van der Waals surface area contributed by atoms with Crippen LogP contribution in [0.3, 0.4) is 0 Å². The van der Waals surface area contributed by atoms with Crippen LogP contribution in [0, 0.1) is 0 Å². The Morgan fingerprint density at radius 3 is 2.43 bits per heavy atom. The molecule has 0 spiro atoms. The summed E-state index contributed by atoms with van der Waals surface area (Å²) in [5.74, 6) is 0.0445. The van der Waals surface area contributed by atoms with Crippen molar-refractivity contribution < 1.29 is 9.59 Å². The third kappa shape index (κ3) is 3.05. The number of aryl methyl sites for hydroxylation is 1. The Kier molecular flexibility index (Phi) is 4.30. The molecule has 1 N–H and O–H groups in total. The van der Waals surface area contributed by atoms with Crippen LogP contribution in [0.15, 0.2) is 36.4 Å². The van der Waals surface area contributed by atoms with E-state index in [2.05, 4.69) is 22.3 Å². The van der Waals surface area contributed by atoms with Gasteiger partial charge in [-0.25, -0.2) is 0 Å². The van der Waals surface area contributed by atoms with Crippen LogP contribution in [0.25, 0.3) is 0 Å². The number of hydrogen-bond acceptors (Lipinski definition) is 3. The average molecular weight is 375 g/mol. The normalized spacial score (nSPS) is 18.2. The third-order valence-electron chi connectivity index (χ3n) is 6.12. The lowest BCUT2D eigenvalue weighted by atomic mass is 9.96. The molecular weight excluding hydrogens is 350 g/mol. The highest BCUT2D eigenvalue weighted by atomic mass is 16.2. The summed E-state index contributed by atoms with van der Waals surface area (Å²) in [5.41, 5.74) is 5.84. The number of rotatable bonds is 3. The molecule has 0 aromatic heterocycles. The highest BCUT2D eigenvalue weighted by molar-refractivity contribution is 6.08. The minimum absolute atomic E-state index is 0.110. The van der Waals surface area contributed by atoms with E-state index >= 15 is 0 Å². The minimum atomic E-state index is -0.110. The second-order valence-electron chi connectivity index (χ2n) is 8.02. The monoisotopic (exact) mass is 375 g/mol. The van der Waals surface area contributed by atoms with Gasteiger partial charge in [-0.05, 0) is 79.6 Å². The number of amides is 2. The van der Waals surface area contributed by atoms with Crippen LogP contribution in [0.2, 0.25) is 0 Å². The molecule has 1 saturated heterocycles. The van der Waals surface area contributed by atoms with E-state index in [4.69, 9.17) is 0 Å². The SMILES string of the molecule is O=C(Nc1ccc(N2CCCCC2)cc1)c1cc2c3c(c1)CC(=O)N3CCC2. The number of carbonyl (C=O) groups excluding carboxylic acids is 2. The van der Waals surface area contributed by atoms with Crippen molar-refractivity contribution in [2.45, 2.75) is 38.5 Å². The van der Waals surface area contributed by atoms with Crippen molar-refractivity contribution in [1.82, 2.24) is 0 Å². The smallest absolute Gasteiger partial charge is 0.255 e. The zero-order valence-corrected chi connectivity index (χ0v) is 16.0. The van der Waals surface area contributed by atoms with E-state index in [-0.39, 0.29) is 11.8 Å². The average Bonchev–Trinajstić information content (AvgIpc) is 3.06. The van der Waals surface area contributed by atoms with Gasteiger partial charge in [0.1, 0.15) is 0 Å². The number of nitrogens with zero attached hydrogens (tertiary/aromatic N) is 2.